The molecule has 0 rings (SSSR count). The average Bonchev–Trinajstić information content (AvgIpc) is 3.09. The molecule has 8 nitrogen and oxygen atoms in total. The van der Waals surface area contributed by atoms with E-state index in [2.05, 4.69) is 26.0 Å². The minimum Gasteiger partial charge on any atom is -0.756 e. The van der Waals surface area contributed by atoms with Gasteiger partial charge < -0.3 is 27.9 Å². The fourth-order valence-corrected chi connectivity index (χ4v) is 6.84. The largest absolute Gasteiger partial charge is 0.756 e. The van der Waals surface area contributed by atoms with Crippen LogP contribution in [-0.2, 0) is 27.9 Å². The van der Waals surface area contributed by atoms with E-state index in [9.17, 15) is 14.3 Å². The van der Waals surface area contributed by atoms with Crippen LogP contribution in [0.3, 0.4) is 0 Å². The van der Waals surface area contributed by atoms with Gasteiger partial charge in [-0.15, -0.1) is 0 Å². The number of phosphoric ester groups is 1. The zero-order chi connectivity index (χ0) is 38.4. The molecular formula is C43H86NO7P. The predicted octanol–water partition coefficient (Wildman–Crippen LogP) is 12.0. The number of likely N-dealkylation sites (N-methyl/N-ethyl adjacent to an activating group) is 1. The third-order valence-corrected chi connectivity index (χ3v) is 10.5. The molecular weight excluding hydrogens is 673 g/mol. The van der Waals surface area contributed by atoms with Crippen molar-refractivity contribution in [3.05, 3.63) is 12.2 Å². The predicted molar refractivity (Wildman–Crippen MR) is 217 cm³/mol. The van der Waals surface area contributed by atoms with Gasteiger partial charge >= 0.3 is 5.97 Å². The zero-order valence-corrected chi connectivity index (χ0v) is 35.9. The lowest BCUT2D eigenvalue weighted by atomic mass is 10.0. The first-order valence-electron chi connectivity index (χ1n) is 21.9. The summed E-state index contributed by atoms with van der Waals surface area (Å²) in [6, 6.07) is 0. The lowest BCUT2D eigenvalue weighted by molar-refractivity contribution is -0.870. The molecule has 0 heterocycles. The molecule has 2 unspecified atom stereocenters. The second-order valence-electron chi connectivity index (χ2n) is 16.1. The van der Waals surface area contributed by atoms with Gasteiger partial charge in [0.2, 0.25) is 0 Å². The highest BCUT2D eigenvalue weighted by atomic mass is 31.2. The van der Waals surface area contributed by atoms with E-state index in [0.717, 1.165) is 32.1 Å². The molecule has 310 valence electrons. The van der Waals surface area contributed by atoms with Crippen LogP contribution >= 0.6 is 7.82 Å². The van der Waals surface area contributed by atoms with Crippen LogP contribution in [0.15, 0.2) is 12.2 Å². The third kappa shape index (κ3) is 40.4. The standard InChI is InChI=1S/C43H86NO7P/c1-6-8-10-12-14-16-18-20-21-22-23-24-25-26-28-30-32-34-36-43(45)51-42(41-50-52(46,47)49-39-37-44(3,4)5)40-48-38-35-33-31-29-27-19-17-15-13-11-9-7-2/h13,15,42H,6-12,14,16-41H2,1-5H3/b15-13-. The lowest BCUT2D eigenvalue weighted by Crippen LogP contribution is -2.37. The van der Waals surface area contributed by atoms with E-state index in [4.69, 9.17) is 18.5 Å². The highest BCUT2D eigenvalue weighted by Gasteiger charge is 2.20. The number of carbonyl (C=O) groups is 1. The maximum atomic E-state index is 12.7. The van der Waals surface area contributed by atoms with Crippen molar-refractivity contribution < 1.29 is 37.3 Å². The molecule has 0 aromatic heterocycles. The summed E-state index contributed by atoms with van der Waals surface area (Å²) in [4.78, 5) is 25.0. The molecule has 0 fully saturated rings. The minimum atomic E-state index is -4.52. The summed E-state index contributed by atoms with van der Waals surface area (Å²) in [6.45, 7) is 5.40. The third-order valence-electron chi connectivity index (χ3n) is 9.57. The van der Waals surface area contributed by atoms with Gasteiger partial charge in [0.05, 0.1) is 34.4 Å². The SMILES string of the molecule is CCCC/C=C\CCCCCCCCOCC(COP(=O)([O-])OCC[N+](C)(C)C)OC(=O)CCCCCCCCCCCCCCCCCCCC. The van der Waals surface area contributed by atoms with Gasteiger partial charge in [-0.1, -0.05) is 174 Å². The van der Waals surface area contributed by atoms with Crippen LogP contribution in [0.5, 0.6) is 0 Å². The number of unbranched alkanes of at least 4 members (excludes halogenated alkanes) is 25. The van der Waals surface area contributed by atoms with Crippen LogP contribution in [0, 0.1) is 0 Å². The molecule has 0 bridgehead atoms. The van der Waals surface area contributed by atoms with Crippen molar-refractivity contribution in [2.45, 2.75) is 206 Å². The van der Waals surface area contributed by atoms with Crippen molar-refractivity contribution >= 4 is 13.8 Å². The molecule has 0 aromatic rings. The number of phosphoric acid groups is 1. The van der Waals surface area contributed by atoms with Crippen LogP contribution in [0.4, 0.5) is 0 Å². The van der Waals surface area contributed by atoms with E-state index in [1.165, 1.54) is 148 Å². The molecule has 0 aliphatic rings. The molecule has 0 radical (unpaired) electrons. The summed E-state index contributed by atoms with van der Waals surface area (Å²) >= 11 is 0. The van der Waals surface area contributed by atoms with Gasteiger partial charge in [0, 0.05) is 13.0 Å². The molecule has 9 heteroatoms. The number of carbonyl (C=O) groups excluding carboxylic acids is 1. The van der Waals surface area contributed by atoms with Crippen molar-refractivity contribution in [3.63, 3.8) is 0 Å². The number of ether oxygens (including phenoxy) is 2. The Morgan fingerprint density at radius 2 is 1.02 bits per heavy atom. The normalized spacial score (nSPS) is 13.9. The van der Waals surface area contributed by atoms with Gasteiger partial charge in [-0.2, -0.15) is 0 Å². The van der Waals surface area contributed by atoms with E-state index in [-0.39, 0.29) is 25.8 Å². The number of rotatable bonds is 41. The maximum absolute atomic E-state index is 12.7. The smallest absolute Gasteiger partial charge is 0.306 e. The number of hydrogen-bond donors (Lipinski definition) is 0. The monoisotopic (exact) mass is 760 g/mol. The Morgan fingerprint density at radius 1 is 0.577 bits per heavy atom. The van der Waals surface area contributed by atoms with Crippen LogP contribution in [0.25, 0.3) is 0 Å². The zero-order valence-electron chi connectivity index (χ0n) is 35.0. The summed E-state index contributed by atoms with van der Waals surface area (Å²) in [7, 11) is 1.36. The van der Waals surface area contributed by atoms with Crippen molar-refractivity contribution in [2.24, 2.45) is 0 Å². The fourth-order valence-electron chi connectivity index (χ4n) is 6.12. The van der Waals surface area contributed by atoms with Gasteiger partial charge in [0.15, 0.2) is 0 Å². The van der Waals surface area contributed by atoms with Crippen molar-refractivity contribution in [3.8, 4) is 0 Å². The Kier molecular flexibility index (Phi) is 36.6. The Hall–Kier alpha value is -0.760. The first kappa shape index (κ1) is 51.2. The van der Waals surface area contributed by atoms with Gasteiger partial charge in [-0.3, -0.25) is 9.36 Å². The summed E-state index contributed by atoms with van der Waals surface area (Å²) in [5.41, 5.74) is 0. The summed E-state index contributed by atoms with van der Waals surface area (Å²) < 4.78 is 34.5. The topological polar surface area (TPSA) is 94.1 Å². The van der Waals surface area contributed by atoms with E-state index < -0.39 is 13.9 Å². The lowest BCUT2D eigenvalue weighted by Gasteiger charge is -2.28. The van der Waals surface area contributed by atoms with Crippen molar-refractivity contribution in [2.75, 3.05) is 54.1 Å². The van der Waals surface area contributed by atoms with Crippen LogP contribution in [0.2, 0.25) is 0 Å². The maximum Gasteiger partial charge on any atom is 0.306 e. The molecule has 0 saturated carbocycles. The van der Waals surface area contributed by atoms with Gasteiger partial charge in [0.1, 0.15) is 19.3 Å². The Balaban J connectivity index is 4.17. The summed E-state index contributed by atoms with van der Waals surface area (Å²) in [6.07, 6.45) is 39.3. The van der Waals surface area contributed by atoms with Gasteiger partial charge in [-0.25, -0.2) is 0 Å². The number of quaternary nitrogens is 1. The van der Waals surface area contributed by atoms with Crippen LogP contribution in [0.1, 0.15) is 200 Å². The van der Waals surface area contributed by atoms with E-state index in [1.807, 2.05) is 21.1 Å². The van der Waals surface area contributed by atoms with Gasteiger partial charge in [-0.05, 0) is 32.1 Å². The molecule has 0 amide bonds. The number of esters is 1. The van der Waals surface area contributed by atoms with E-state index in [1.54, 1.807) is 0 Å². The van der Waals surface area contributed by atoms with Crippen molar-refractivity contribution in [1.82, 2.24) is 0 Å². The van der Waals surface area contributed by atoms with Crippen LogP contribution in [-0.4, -0.2) is 70.7 Å². The Labute approximate surface area is 322 Å². The molecule has 0 aliphatic carbocycles. The Bertz CT molecular complexity index is 848. The highest BCUT2D eigenvalue weighted by molar-refractivity contribution is 7.45. The molecule has 0 saturated heterocycles. The molecule has 52 heavy (non-hydrogen) atoms. The summed E-state index contributed by atoms with van der Waals surface area (Å²) in [5.74, 6) is -0.333. The first-order valence-corrected chi connectivity index (χ1v) is 23.4. The number of nitrogens with zero attached hydrogens (tertiary/aromatic N) is 1. The molecule has 0 N–H and O–H groups in total. The molecule has 0 aliphatic heterocycles. The quantitative estimate of drug-likeness (QED) is 0.0201. The first-order chi connectivity index (χ1) is 25.1. The number of hydrogen-bond acceptors (Lipinski definition) is 7. The second-order valence-corrected chi connectivity index (χ2v) is 17.5. The number of allylic oxidation sites excluding steroid dienone is 2. The van der Waals surface area contributed by atoms with E-state index >= 15 is 0 Å². The highest BCUT2D eigenvalue weighted by Crippen LogP contribution is 2.38. The van der Waals surface area contributed by atoms with E-state index in [0.29, 0.717) is 24.1 Å². The van der Waals surface area contributed by atoms with Gasteiger partial charge in [0.25, 0.3) is 7.82 Å². The molecule has 0 aromatic carbocycles. The molecule has 2 atom stereocenters. The van der Waals surface area contributed by atoms with Crippen LogP contribution < -0.4 is 4.89 Å². The second kappa shape index (κ2) is 37.2. The fraction of sp³-hybridized carbons (Fsp3) is 0.930. The molecule has 0 spiro atoms. The summed E-state index contributed by atoms with van der Waals surface area (Å²) in [5, 5.41) is 0. The van der Waals surface area contributed by atoms with Crippen molar-refractivity contribution in [1.29, 1.82) is 0 Å². The Morgan fingerprint density at radius 3 is 1.52 bits per heavy atom. The average molecular weight is 760 g/mol. The minimum absolute atomic E-state index is 0.0280.